The molecule has 6 nitrogen and oxygen atoms in total. The molecular formula is C17H18F3N3O3S2. The molecule has 0 saturated carbocycles. The summed E-state index contributed by atoms with van der Waals surface area (Å²) in [4.78, 5) is 0.453. The Hall–Kier alpha value is -2.24. The van der Waals surface area contributed by atoms with Crippen LogP contribution in [0.15, 0.2) is 52.4 Å². The monoisotopic (exact) mass is 433 g/mol. The first kappa shape index (κ1) is 20.5. The molecule has 1 unspecified atom stereocenters. The van der Waals surface area contributed by atoms with Crippen LogP contribution in [0.1, 0.15) is 17.8 Å². The molecule has 0 spiro atoms. The van der Waals surface area contributed by atoms with Gasteiger partial charge in [0.1, 0.15) is 15.7 Å². The van der Waals surface area contributed by atoms with E-state index in [1.165, 1.54) is 19.2 Å². The van der Waals surface area contributed by atoms with Crippen molar-refractivity contribution in [2.75, 3.05) is 18.4 Å². The fourth-order valence-electron chi connectivity index (χ4n) is 2.68. The number of hydrogen-bond acceptors (Lipinski definition) is 6. The first-order valence-electron chi connectivity index (χ1n) is 8.24. The zero-order valence-electron chi connectivity index (χ0n) is 14.9. The second kappa shape index (κ2) is 7.64. The smallest absolute Gasteiger partial charge is 0.432 e. The van der Waals surface area contributed by atoms with Crippen molar-refractivity contribution in [1.82, 2.24) is 10.4 Å². The lowest BCUT2D eigenvalue weighted by atomic mass is 10.2. The fraction of sp³-hybridized carbons (Fsp3) is 0.294. The van der Waals surface area contributed by atoms with E-state index < -0.39 is 27.9 Å². The molecule has 0 amide bonds. The number of thiophene rings is 1. The average molecular weight is 433 g/mol. The van der Waals surface area contributed by atoms with Crippen LogP contribution in [0.25, 0.3) is 0 Å². The highest BCUT2D eigenvalue weighted by Gasteiger charge is 2.41. The van der Waals surface area contributed by atoms with E-state index in [1.807, 2.05) is 6.92 Å². The van der Waals surface area contributed by atoms with Gasteiger partial charge in [0.05, 0.1) is 18.3 Å². The van der Waals surface area contributed by atoms with Gasteiger partial charge in [0.2, 0.25) is 0 Å². The fourth-order valence-corrected chi connectivity index (χ4v) is 5.07. The van der Waals surface area contributed by atoms with Crippen LogP contribution in [0, 0.1) is 0 Å². The van der Waals surface area contributed by atoms with Gasteiger partial charge in [-0.25, -0.2) is 13.8 Å². The summed E-state index contributed by atoms with van der Waals surface area (Å²) in [5.74, 6) is 0.526. The van der Waals surface area contributed by atoms with Gasteiger partial charge in [0.15, 0.2) is 0 Å². The lowest BCUT2D eigenvalue weighted by Gasteiger charge is -2.19. The number of halogens is 3. The highest BCUT2D eigenvalue weighted by molar-refractivity contribution is 7.94. The molecule has 1 aliphatic heterocycles. The molecular weight excluding hydrogens is 415 g/mol. The van der Waals surface area contributed by atoms with Gasteiger partial charge >= 0.3 is 6.18 Å². The summed E-state index contributed by atoms with van der Waals surface area (Å²) in [5, 5.41) is 0.885. The second-order valence-corrected chi connectivity index (χ2v) is 8.96. The zero-order valence-corrected chi connectivity index (χ0v) is 16.6. The van der Waals surface area contributed by atoms with Gasteiger partial charge < -0.3 is 9.75 Å². The van der Waals surface area contributed by atoms with Gasteiger partial charge in [-0.15, -0.1) is 11.3 Å². The SMILES string of the molecule is CCOc1cccc(NS(=O)(=O)c2ccc(C3C=C(C(F)(F)F)N(C)N3)s2)c1. The Morgan fingerprint density at radius 1 is 1.29 bits per heavy atom. The van der Waals surface area contributed by atoms with Crippen LogP contribution in [-0.2, 0) is 10.0 Å². The molecule has 28 heavy (non-hydrogen) atoms. The van der Waals surface area contributed by atoms with Crippen molar-refractivity contribution >= 4 is 27.0 Å². The lowest BCUT2D eigenvalue weighted by Crippen LogP contribution is -2.34. The van der Waals surface area contributed by atoms with Gasteiger partial charge in [-0.2, -0.15) is 13.2 Å². The summed E-state index contributed by atoms with van der Waals surface area (Å²) in [6.45, 7) is 2.26. The van der Waals surface area contributed by atoms with Crippen LogP contribution in [0.3, 0.4) is 0 Å². The number of anilines is 1. The van der Waals surface area contributed by atoms with E-state index in [1.54, 1.807) is 24.3 Å². The molecule has 0 aliphatic carbocycles. The minimum Gasteiger partial charge on any atom is -0.494 e. The van der Waals surface area contributed by atoms with E-state index in [2.05, 4.69) is 10.1 Å². The third-order valence-electron chi connectivity index (χ3n) is 3.88. The van der Waals surface area contributed by atoms with E-state index in [9.17, 15) is 21.6 Å². The van der Waals surface area contributed by atoms with Gasteiger partial charge in [0, 0.05) is 18.0 Å². The minimum atomic E-state index is -4.49. The molecule has 0 saturated heterocycles. The standard InChI is InChI=1S/C17H18F3N3O3S2/c1-3-26-12-6-4-5-11(9-12)22-28(24,25)16-8-7-14(27-16)13-10-15(17(18,19)20)23(2)21-13/h4-10,13,21-22H,3H2,1-2H3. The predicted octanol–water partition coefficient (Wildman–Crippen LogP) is 3.88. The number of ether oxygens (including phenoxy) is 1. The summed E-state index contributed by atoms with van der Waals surface area (Å²) in [7, 11) is -2.62. The lowest BCUT2D eigenvalue weighted by molar-refractivity contribution is -0.110. The quantitative estimate of drug-likeness (QED) is 0.724. The van der Waals surface area contributed by atoms with Crippen molar-refractivity contribution in [2.45, 2.75) is 23.4 Å². The number of benzene rings is 1. The Morgan fingerprint density at radius 2 is 2.04 bits per heavy atom. The predicted molar refractivity (Wildman–Crippen MR) is 101 cm³/mol. The average Bonchev–Trinajstić information content (AvgIpc) is 3.21. The van der Waals surface area contributed by atoms with E-state index >= 15 is 0 Å². The third kappa shape index (κ3) is 4.42. The maximum Gasteiger partial charge on any atom is 0.432 e. The molecule has 0 bridgehead atoms. The molecule has 0 radical (unpaired) electrons. The number of rotatable bonds is 6. The molecule has 2 N–H and O–H groups in total. The van der Waals surface area contributed by atoms with Crippen LogP contribution >= 0.6 is 11.3 Å². The first-order chi connectivity index (χ1) is 13.1. The number of alkyl halides is 3. The molecule has 1 atom stereocenters. The van der Waals surface area contributed by atoms with Gasteiger partial charge in [0.25, 0.3) is 10.0 Å². The Labute approximate surface area is 164 Å². The maximum atomic E-state index is 13.0. The van der Waals surface area contributed by atoms with Crippen molar-refractivity contribution < 1.29 is 26.3 Å². The minimum absolute atomic E-state index is 0.00243. The Balaban J connectivity index is 1.80. The number of nitrogens with one attached hydrogen (secondary N) is 2. The van der Waals surface area contributed by atoms with Crippen LogP contribution < -0.4 is 14.9 Å². The number of nitrogens with zero attached hydrogens (tertiary/aromatic N) is 1. The molecule has 1 aromatic carbocycles. The molecule has 1 aromatic heterocycles. The van der Waals surface area contributed by atoms with Gasteiger partial charge in [-0.1, -0.05) is 6.07 Å². The summed E-state index contributed by atoms with van der Waals surface area (Å²) in [6, 6.07) is 8.62. The van der Waals surface area contributed by atoms with Crippen molar-refractivity contribution in [3.63, 3.8) is 0 Å². The van der Waals surface area contributed by atoms with Crippen molar-refractivity contribution in [3.05, 3.63) is 53.0 Å². The van der Waals surface area contributed by atoms with Crippen molar-refractivity contribution in [3.8, 4) is 5.75 Å². The number of hydrogen-bond donors (Lipinski definition) is 2. The summed E-state index contributed by atoms with van der Waals surface area (Å²) < 4.78 is 71.9. The zero-order chi connectivity index (χ0) is 20.5. The molecule has 0 fully saturated rings. The van der Waals surface area contributed by atoms with E-state index in [0.29, 0.717) is 22.9 Å². The molecule has 3 rings (SSSR count). The third-order valence-corrected chi connectivity index (χ3v) is 6.92. The highest BCUT2D eigenvalue weighted by atomic mass is 32.2. The molecule has 152 valence electrons. The van der Waals surface area contributed by atoms with Crippen molar-refractivity contribution in [2.24, 2.45) is 0 Å². The normalized spacial score (nSPS) is 17.5. The van der Waals surface area contributed by atoms with Crippen LogP contribution in [0.4, 0.5) is 18.9 Å². The molecule has 1 aliphatic rings. The molecule has 2 heterocycles. The summed E-state index contributed by atoms with van der Waals surface area (Å²) in [6.07, 6.45) is -3.46. The highest BCUT2D eigenvalue weighted by Crippen LogP contribution is 2.37. The van der Waals surface area contributed by atoms with Crippen LogP contribution in [-0.4, -0.2) is 33.3 Å². The number of allylic oxidation sites excluding steroid dienone is 1. The van der Waals surface area contributed by atoms with Gasteiger partial charge in [-0.05, 0) is 37.3 Å². The largest absolute Gasteiger partial charge is 0.494 e. The molecule has 11 heteroatoms. The van der Waals surface area contributed by atoms with Crippen LogP contribution in [0.5, 0.6) is 5.75 Å². The van der Waals surface area contributed by atoms with E-state index in [-0.39, 0.29) is 4.21 Å². The summed E-state index contributed by atoms with van der Waals surface area (Å²) >= 11 is 0.903. The number of hydrazine groups is 1. The van der Waals surface area contributed by atoms with Crippen LogP contribution in [0.2, 0.25) is 0 Å². The second-order valence-electron chi connectivity index (χ2n) is 5.94. The van der Waals surface area contributed by atoms with Crippen molar-refractivity contribution in [1.29, 1.82) is 0 Å². The number of sulfonamides is 1. The first-order valence-corrected chi connectivity index (χ1v) is 10.5. The van der Waals surface area contributed by atoms with E-state index in [4.69, 9.17) is 4.74 Å². The topological polar surface area (TPSA) is 70.7 Å². The van der Waals surface area contributed by atoms with Gasteiger partial charge in [-0.3, -0.25) is 4.72 Å². The maximum absolute atomic E-state index is 13.0. The Morgan fingerprint density at radius 3 is 2.68 bits per heavy atom. The molecule has 2 aromatic rings. The van der Waals surface area contributed by atoms with E-state index in [0.717, 1.165) is 22.4 Å². The Bertz CT molecular complexity index is 987. The Kier molecular flexibility index (Phi) is 5.60. The summed E-state index contributed by atoms with van der Waals surface area (Å²) in [5.41, 5.74) is 2.18.